The van der Waals surface area contributed by atoms with E-state index in [-0.39, 0.29) is 0 Å². The molecule has 0 aliphatic rings. The Morgan fingerprint density at radius 3 is 2.92 bits per heavy atom. The molecule has 0 saturated heterocycles. The minimum Gasteiger partial charge on any atom is -0.457 e. The van der Waals surface area contributed by atoms with Gasteiger partial charge in [0.05, 0.1) is 21.8 Å². The first-order chi connectivity index (χ1) is 11.6. The molecule has 4 nitrogen and oxygen atoms in total. The Kier molecular flexibility index (Phi) is 4.02. The van der Waals surface area contributed by atoms with E-state index in [9.17, 15) is 0 Å². The topological polar surface area (TPSA) is 51.0 Å². The molecule has 0 fully saturated rings. The van der Waals surface area contributed by atoms with E-state index >= 15 is 0 Å². The Hall–Kier alpha value is -1.92. The third-order valence-corrected chi connectivity index (χ3v) is 5.51. The van der Waals surface area contributed by atoms with Crippen molar-refractivity contribution in [3.05, 3.63) is 51.8 Å². The van der Waals surface area contributed by atoms with Crippen LogP contribution in [0.2, 0.25) is 0 Å². The zero-order valence-corrected chi connectivity index (χ0v) is 15.7. The molecule has 0 aliphatic heterocycles. The molecule has 3 heterocycles. The number of thiazole rings is 1. The molecule has 0 atom stereocenters. The van der Waals surface area contributed by atoms with Crippen LogP contribution in [0.1, 0.15) is 30.5 Å². The number of hydrogen-bond acceptors (Lipinski definition) is 5. The summed E-state index contributed by atoms with van der Waals surface area (Å²) in [6.07, 6.45) is 1.78. The van der Waals surface area contributed by atoms with E-state index in [1.165, 1.54) is 9.71 Å². The predicted octanol–water partition coefficient (Wildman–Crippen LogP) is 5.94. The average molecular weight is 402 g/mol. The van der Waals surface area contributed by atoms with Crippen LogP contribution >= 0.6 is 27.3 Å². The average Bonchev–Trinajstić information content (AvgIpc) is 3.15. The summed E-state index contributed by atoms with van der Waals surface area (Å²) in [7, 11) is 0. The molecule has 1 aromatic carbocycles. The van der Waals surface area contributed by atoms with Crippen molar-refractivity contribution in [2.75, 3.05) is 5.32 Å². The van der Waals surface area contributed by atoms with Crippen molar-refractivity contribution >= 4 is 54.3 Å². The maximum atomic E-state index is 5.83. The molecule has 0 unspecified atom stereocenters. The van der Waals surface area contributed by atoms with Crippen molar-refractivity contribution in [2.24, 2.45) is 0 Å². The molecule has 4 rings (SSSR count). The molecule has 0 aliphatic carbocycles. The van der Waals surface area contributed by atoms with Crippen molar-refractivity contribution in [1.82, 2.24) is 9.97 Å². The molecule has 3 aromatic heterocycles. The van der Waals surface area contributed by atoms with Crippen LogP contribution in [-0.2, 0) is 6.54 Å². The third-order valence-electron chi connectivity index (χ3n) is 3.75. The standard InChI is InChI=1S/C18H16BrN3OS/c1-10(2)18-22-14-4-3-12(6-17(14)24-18)20-9-13-7-15-16(23-13)5-11(19)8-21-15/h3-8,10,20H,9H2,1-2H3. The first kappa shape index (κ1) is 15.6. The number of pyridine rings is 1. The van der Waals surface area contributed by atoms with Gasteiger partial charge in [0.2, 0.25) is 0 Å². The van der Waals surface area contributed by atoms with Gasteiger partial charge in [-0.1, -0.05) is 13.8 Å². The molecule has 1 N–H and O–H groups in total. The van der Waals surface area contributed by atoms with Gasteiger partial charge in [-0.15, -0.1) is 11.3 Å². The summed E-state index contributed by atoms with van der Waals surface area (Å²) in [6.45, 7) is 4.96. The molecule has 24 heavy (non-hydrogen) atoms. The van der Waals surface area contributed by atoms with E-state index in [0.29, 0.717) is 12.5 Å². The lowest BCUT2D eigenvalue weighted by atomic mass is 10.2. The number of nitrogens with one attached hydrogen (secondary N) is 1. The second kappa shape index (κ2) is 6.18. The van der Waals surface area contributed by atoms with Gasteiger partial charge in [-0.2, -0.15) is 0 Å². The van der Waals surface area contributed by atoms with Crippen LogP contribution in [0.5, 0.6) is 0 Å². The highest BCUT2D eigenvalue weighted by atomic mass is 79.9. The Bertz CT molecular complexity index is 1020. The minimum atomic E-state index is 0.459. The van der Waals surface area contributed by atoms with E-state index < -0.39 is 0 Å². The van der Waals surface area contributed by atoms with E-state index in [2.05, 4.69) is 63.3 Å². The van der Waals surface area contributed by atoms with Crippen LogP contribution in [0.3, 0.4) is 0 Å². The maximum absolute atomic E-state index is 5.83. The van der Waals surface area contributed by atoms with Crippen LogP contribution in [0, 0.1) is 0 Å². The number of fused-ring (bicyclic) bond motifs is 2. The predicted molar refractivity (Wildman–Crippen MR) is 103 cm³/mol. The number of nitrogens with zero attached hydrogens (tertiary/aromatic N) is 2. The molecule has 0 amide bonds. The van der Waals surface area contributed by atoms with Gasteiger partial charge in [-0.05, 0) is 40.2 Å². The monoisotopic (exact) mass is 401 g/mol. The Labute approximate surface area is 152 Å². The van der Waals surface area contributed by atoms with Crippen molar-refractivity contribution in [1.29, 1.82) is 0 Å². The van der Waals surface area contributed by atoms with Crippen molar-refractivity contribution in [3.8, 4) is 0 Å². The maximum Gasteiger partial charge on any atom is 0.153 e. The van der Waals surface area contributed by atoms with Crippen LogP contribution in [-0.4, -0.2) is 9.97 Å². The Balaban J connectivity index is 1.54. The molecular formula is C18H16BrN3OS. The molecular weight excluding hydrogens is 386 g/mol. The van der Waals surface area contributed by atoms with E-state index in [0.717, 1.165) is 32.5 Å². The zero-order chi connectivity index (χ0) is 16.7. The van der Waals surface area contributed by atoms with Crippen LogP contribution in [0.25, 0.3) is 21.3 Å². The number of hydrogen-bond donors (Lipinski definition) is 1. The lowest BCUT2D eigenvalue weighted by Crippen LogP contribution is -1.97. The van der Waals surface area contributed by atoms with Crippen molar-refractivity contribution in [3.63, 3.8) is 0 Å². The number of benzene rings is 1. The molecule has 4 aromatic rings. The summed E-state index contributed by atoms with van der Waals surface area (Å²) >= 11 is 5.17. The van der Waals surface area contributed by atoms with Crippen LogP contribution in [0.15, 0.2) is 45.4 Å². The van der Waals surface area contributed by atoms with Gasteiger partial charge in [0.15, 0.2) is 5.58 Å². The Morgan fingerprint density at radius 1 is 1.21 bits per heavy atom. The number of aromatic nitrogens is 2. The molecule has 0 spiro atoms. The molecule has 122 valence electrons. The number of furan rings is 1. The first-order valence-electron chi connectivity index (χ1n) is 7.77. The smallest absolute Gasteiger partial charge is 0.153 e. The van der Waals surface area contributed by atoms with Crippen molar-refractivity contribution < 1.29 is 4.42 Å². The fraction of sp³-hybridized carbons (Fsp3) is 0.222. The van der Waals surface area contributed by atoms with Gasteiger partial charge in [-0.3, -0.25) is 4.98 Å². The summed E-state index contributed by atoms with van der Waals surface area (Å²) in [5.74, 6) is 1.32. The SMILES string of the molecule is CC(C)c1nc2ccc(NCc3cc4ncc(Br)cc4o3)cc2s1. The third kappa shape index (κ3) is 3.03. The summed E-state index contributed by atoms with van der Waals surface area (Å²) in [5.41, 5.74) is 3.79. The van der Waals surface area contributed by atoms with Gasteiger partial charge < -0.3 is 9.73 Å². The van der Waals surface area contributed by atoms with Gasteiger partial charge in [0.25, 0.3) is 0 Å². The Morgan fingerprint density at radius 2 is 2.08 bits per heavy atom. The highest BCUT2D eigenvalue weighted by Gasteiger charge is 2.09. The number of halogens is 1. The molecule has 0 saturated carbocycles. The second-order valence-electron chi connectivity index (χ2n) is 5.99. The fourth-order valence-corrected chi connectivity index (χ4v) is 3.84. The summed E-state index contributed by atoms with van der Waals surface area (Å²) in [4.78, 5) is 9.01. The quantitative estimate of drug-likeness (QED) is 0.459. The summed E-state index contributed by atoms with van der Waals surface area (Å²) in [5, 5.41) is 4.59. The molecule has 0 bridgehead atoms. The highest BCUT2D eigenvalue weighted by Crippen LogP contribution is 2.29. The van der Waals surface area contributed by atoms with Crippen molar-refractivity contribution in [2.45, 2.75) is 26.3 Å². The van der Waals surface area contributed by atoms with Gasteiger partial charge in [-0.25, -0.2) is 4.98 Å². The van der Waals surface area contributed by atoms with Gasteiger partial charge in [0.1, 0.15) is 11.3 Å². The lowest BCUT2D eigenvalue weighted by molar-refractivity contribution is 0.559. The van der Waals surface area contributed by atoms with Crippen LogP contribution < -0.4 is 5.32 Å². The van der Waals surface area contributed by atoms with Gasteiger partial charge in [0, 0.05) is 28.3 Å². The molecule has 6 heteroatoms. The fourth-order valence-electron chi connectivity index (χ4n) is 2.52. The van der Waals surface area contributed by atoms with Gasteiger partial charge >= 0.3 is 0 Å². The summed E-state index contributed by atoms with van der Waals surface area (Å²) < 4.78 is 7.95. The minimum absolute atomic E-state index is 0.459. The second-order valence-corrected chi connectivity index (χ2v) is 7.97. The summed E-state index contributed by atoms with van der Waals surface area (Å²) in [6, 6.07) is 10.2. The number of anilines is 1. The number of rotatable bonds is 4. The zero-order valence-electron chi connectivity index (χ0n) is 13.3. The van der Waals surface area contributed by atoms with E-state index in [1.807, 2.05) is 12.1 Å². The largest absolute Gasteiger partial charge is 0.457 e. The van der Waals surface area contributed by atoms with Crippen LogP contribution in [0.4, 0.5) is 5.69 Å². The highest BCUT2D eigenvalue weighted by molar-refractivity contribution is 9.10. The first-order valence-corrected chi connectivity index (χ1v) is 9.38. The van der Waals surface area contributed by atoms with E-state index in [1.54, 1.807) is 17.5 Å². The normalized spacial score (nSPS) is 11.7. The van der Waals surface area contributed by atoms with E-state index in [4.69, 9.17) is 4.42 Å². The lowest BCUT2D eigenvalue weighted by Gasteiger charge is -2.03. The molecule has 0 radical (unpaired) electrons.